The minimum absolute atomic E-state index is 0.0689. The van der Waals surface area contributed by atoms with E-state index in [0.717, 1.165) is 5.56 Å². The zero-order valence-electron chi connectivity index (χ0n) is 8.90. The molecule has 0 fully saturated rings. The second-order valence-corrected chi connectivity index (χ2v) is 3.56. The Bertz CT molecular complexity index is 448. The van der Waals surface area contributed by atoms with E-state index >= 15 is 0 Å². The Morgan fingerprint density at radius 1 is 1.29 bits per heavy atom. The lowest BCUT2D eigenvalue weighted by Crippen LogP contribution is -2.32. The van der Waals surface area contributed by atoms with E-state index in [-0.39, 0.29) is 6.61 Å². The number of halogens is 1. The number of esters is 1. The molecule has 1 rings (SSSR count). The van der Waals surface area contributed by atoms with Gasteiger partial charge in [-0.1, -0.05) is 36.3 Å². The third-order valence-corrected chi connectivity index (χ3v) is 2.20. The summed E-state index contributed by atoms with van der Waals surface area (Å²) in [7, 11) is 0. The van der Waals surface area contributed by atoms with Crippen molar-refractivity contribution in [2.75, 3.05) is 6.61 Å². The van der Waals surface area contributed by atoms with Gasteiger partial charge in [0.1, 0.15) is 0 Å². The van der Waals surface area contributed by atoms with E-state index in [0.29, 0.717) is 6.54 Å². The monoisotopic (exact) mass is 343 g/mol. The highest BCUT2D eigenvalue weighted by molar-refractivity contribution is 14.1. The molecule has 0 aliphatic rings. The molecule has 0 unspecified atom stereocenters. The Kier molecular flexibility index (Phi) is 6.10. The number of rotatable bonds is 3. The van der Waals surface area contributed by atoms with Crippen LogP contribution in [0.2, 0.25) is 0 Å². The molecule has 0 aliphatic carbocycles. The lowest BCUT2D eigenvalue weighted by Gasteiger charge is -2.03. The van der Waals surface area contributed by atoms with Crippen molar-refractivity contribution >= 4 is 34.5 Å². The number of ether oxygens (including phenoxy) is 1. The molecule has 5 heteroatoms. The van der Waals surface area contributed by atoms with E-state index in [2.05, 4.69) is 19.9 Å². The molecule has 1 aromatic carbocycles. The van der Waals surface area contributed by atoms with E-state index in [1.54, 1.807) is 0 Å². The highest BCUT2D eigenvalue weighted by atomic mass is 127. The highest BCUT2D eigenvalue weighted by Crippen LogP contribution is 1.97. The predicted molar refractivity (Wildman–Crippen MR) is 71.0 cm³/mol. The molecule has 1 amide bonds. The van der Waals surface area contributed by atoms with Crippen LogP contribution < -0.4 is 5.32 Å². The average molecular weight is 343 g/mol. The fourth-order valence-electron chi connectivity index (χ4n) is 1.04. The van der Waals surface area contributed by atoms with Crippen molar-refractivity contribution in [1.82, 2.24) is 5.32 Å². The molecule has 0 aliphatic heterocycles. The van der Waals surface area contributed by atoms with Crippen LogP contribution in [-0.2, 0) is 20.9 Å². The molecule has 0 atom stereocenters. The third-order valence-electron chi connectivity index (χ3n) is 1.82. The lowest BCUT2D eigenvalue weighted by atomic mass is 10.2. The number of carbonyl (C=O) groups excluding carboxylic acids is 2. The summed E-state index contributed by atoms with van der Waals surface area (Å²) in [5.41, 5.74) is 0.917. The number of hydrogen-bond donors (Lipinski definition) is 1. The summed E-state index contributed by atoms with van der Waals surface area (Å²) in [5, 5.41) is 2.46. The molecule has 4 nitrogen and oxygen atoms in total. The van der Waals surface area contributed by atoms with E-state index < -0.39 is 11.9 Å². The summed E-state index contributed by atoms with van der Waals surface area (Å²) in [6.07, 6.45) is 0. The molecule has 0 heterocycles. The quantitative estimate of drug-likeness (QED) is 0.389. The second kappa shape index (κ2) is 7.68. The van der Waals surface area contributed by atoms with Gasteiger partial charge in [0.2, 0.25) is 0 Å². The van der Waals surface area contributed by atoms with Crippen LogP contribution in [0.4, 0.5) is 0 Å². The van der Waals surface area contributed by atoms with Crippen molar-refractivity contribution in [3.63, 3.8) is 0 Å². The Balaban J connectivity index is 2.33. The molecule has 0 radical (unpaired) electrons. The van der Waals surface area contributed by atoms with Gasteiger partial charge in [0.05, 0.1) is 0 Å². The second-order valence-electron chi connectivity index (χ2n) is 3.02. The van der Waals surface area contributed by atoms with Gasteiger partial charge < -0.3 is 10.1 Å². The summed E-state index contributed by atoms with van der Waals surface area (Å²) in [4.78, 5) is 22.4. The number of nitrogens with one attached hydrogen (secondary N) is 1. The molecule has 88 valence electrons. The predicted octanol–water partition coefficient (Wildman–Crippen LogP) is 1.24. The molecule has 0 bridgehead atoms. The summed E-state index contributed by atoms with van der Waals surface area (Å²) >= 11 is 1.82. The summed E-state index contributed by atoms with van der Waals surface area (Å²) in [6, 6.07) is 9.30. The van der Waals surface area contributed by atoms with Crippen LogP contribution >= 0.6 is 22.6 Å². The number of hydrogen-bond acceptors (Lipinski definition) is 3. The SMILES string of the molecule is O=C(NCc1ccccc1)C(=O)OCC#CI. The first-order chi connectivity index (χ1) is 8.24. The summed E-state index contributed by atoms with van der Waals surface area (Å²) < 4.78 is 7.13. The zero-order valence-corrected chi connectivity index (χ0v) is 11.1. The molecule has 0 saturated carbocycles. The first-order valence-corrected chi connectivity index (χ1v) is 5.89. The van der Waals surface area contributed by atoms with E-state index in [9.17, 15) is 9.59 Å². The molecule has 0 aromatic heterocycles. The normalized spacial score (nSPS) is 8.76. The van der Waals surface area contributed by atoms with Gasteiger partial charge >= 0.3 is 11.9 Å². The van der Waals surface area contributed by atoms with Gasteiger partial charge in [-0.2, -0.15) is 0 Å². The Hall–Kier alpha value is -1.55. The molecule has 0 saturated heterocycles. The van der Waals surface area contributed by atoms with Crippen LogP contribution in [0.1, 0.15) is 5.56 Å². The van der Waals surface area contributed by atoms with Gasteiger partial charge in [-0.15, -0.1) is 0 Å². The smallest absolute Gasteiger partial charge is 0.397 e. The summed E-state index contributed by atoms with van der Waals surface area (Å²) in [6.45, 7) is 0.229. The molecule has 0 spiro atoms. The molecule has 1 N–H and O–H groups in total. The van der Waals surface area contributed by atoms with Gasteiger partial charge in [0, 0.05) is 29.1 Å². The number of benzene rings is 1. The Morgan fingerprint density at radius 3 is 2.65 bits per heavy atom. The first-order valence-electron chi connectivity index (χ1n) is 4.81. The van der Waals surface area contributed by atoms with Crippen molar-refractivity contribution < 1.29 is 14.3 Å². The molecule has 1 aromatic rings. The topological polar surface area (TPSA) is 55.4 Å². The lowest BCUT2D eigenvalue weighted by molar-refractivity contribution is -0.153. The van der Waals surface area contributed by atoms with Crippen LogP contribution in [-0.4, -0.2) is 18.5 Å². The van der Waals surface area contributed by atoms with Gasteiger partial charge in [-0.25, -0.2) is 4.79 Å². The van der Waals surface area contributed by atoms with Crippen LogP contribution in [0, 0.1) is 9.85 Å². The minimum Gasteiger partial charge on any atom is -0.445 e. The maximum Gasteiger partial charge on any atom is 0.397 e. The molecule has 17 heavy (non-hydrogen) atoms. The minimum atomic E-state index is -0.917. The van der Waals surface area contributed by atoms with Gasteiger partial charge in [0.25, 0.3) is 0 Å². The largest absolute Gasteiger partial charge is 0.445 e. The van der Waals surface area contributed by atoms with Crippen molar-refractivity contribution in [2.45, 2.75) is 6.54 Å². The fraction of sp³-hybridized carbons (Fsp3) is 0.167. The van der Waals surface area contributed by atoms with Crippen molar-refractivity contribution in [3.05, 3.63) is 35.9 Å². The fourth-order valence-corrected chi connectivity index (χ4v) is 1.20. The van der Waals surface area contributed by atoms with Gasteiger partial charge in [0.15, 0.2) is 6.61 Å². The summed E-state index contributed by atoms with van der Waals surface area (Å²) in [5.74, 6) is 0.845. The first kappa shape index (κ1) is 13.5. The Labute approximate surface area is 113 Å². The van der Waals surface area contributed by atoms with Crippen LogP contribution in [0.15, 0.2) is 30.3 Å². The van der Waals surface area contributed by atoms with Gasteiger partial charge in [-0.3, -0.25) is 4.79 Å². The molecular formula is C12H10INO3. The van der Waals surface area contributed by atoms with E-state index in [1.807, 2.05) is 52.9 Å². The zero-order chi connectivity index (χ0) is 12.5. The van der Waals surface area contributed by atoms with Crippen LogP contribution in [0.3, 0.4) is 0 Å². The highest BCUT2D eigenvalue weighted by Gasteiger charge is 2.13. The van der Waals surface area contributed by atoms with Crippen LogP contribution in [0.5, 0.6) is 0 Å². The number of amides is 1. The van der Waals surface area contributed by atoms with Crippen LogP contribution in [0.25, 0.3) is 0 Å². The third kappa shape index (κ3) is 5.36. The van der Waals surface area contributed by atoms with Gasteiger partial charge in [-0.05, 0) is 9.49 Å². The average Bonchev–Trinajstić information content (AvgIpc) is 2.37. The van der Waals surface area contributed by atoms with Crippen molar-refractivity contribution in [2.24, 2.45) is 0 Å². The van der Waals surface area contributed by atoms with Crippen molar-refractivity contribution in [3.8, 4) is 9.85 Å². The maximum atomic E-state index is 11.3. The maximum absolute atomic E-state index is 11.3. The van der Waals surface area contributed by atoms with Crippen molar-refractivity contribution in [1.29, 1.82) is 0 Å². The van der Waals surface area contributed by atoms with E-state index in [1.165, 1.54) is 0 Å². The number of carbonyl (C=O) groups is 2. The Morgan fingerprint density at radius 2 is 2.00 bits per heavy atom. The molecular weight excluding hydrogens is 333 g/mol. The van der Waals surface area contributed by atoms with E-state index in [4.69, 9.17) is 0 Å². The standard InChI is InChI=1S/C12H10INO3/c13-7-4-8-17-12(16)11(15)14-9-10-5-2-1-3-6-10/h1-3,5-6H,8-9H2,(H,14,15).